The first-order valence-electron chi connectivity index (χ1n) is 23.9. The topological polar surface area (TPSA) is 47.6 Å². The van der Waals surface area contributed by atoms with Gasteiger partial charge in [0.05, 0.1) is 37.6 Å². The van der Waals surface area contributed by atoms with Gasteiger partial charge in [0.15, 0.2) is 0 Å². The Labute approximate surface area is 394 Å². The van der Waals surface area contributed by atoms with Crippen LogP contribution in [0.2, 0.25) is 0 Å². The molecule has 2 heterocycles. The second-order valence-corrected chi connectivity index (χ2v) is 26.0. The van der Waals surface area contributed by atoms with E-state index >= 15 is 0 Å². The van der Waals surface area contributed by atoms with Gasteiger partial charge >= 0.3 is 0 Å². The van der Waals surface area contributed by atoms with Gasteiger partial charge in [0.1, 0.15) is 0 Å². The normalized spacial score (nSPS) is 15.6. The molecule has 0 saturated heterocycles. The predicted molar refractivity (Wildman–Crippen MR) is 281 cm³/mol. The molecule has 0 aromatic heterocycles. The molecule has 2 nitrogen and oxygen atoms in total. The zero-order valence-corrected chi connectivity index (χ0v) is 43.6. The third-order valence-corrected chi connectivity index (χ3v) is 22.3. The number of hydrogen-bond donors (Lipinski definition) is 0. The van der Waals surface area contributed by atoms with E-state index < -0.39 is 0 Å². The van der Waals surface area contributed by atoms with Crippen molar-refractivity contribution in [2.75, 3.05) is 23.0 Å². The van der Waals surface area contributed by atoms with Crippen LogP contribution in [0.25, 0.3) is 0 Å². The highest BCUT2D eigenvalue weighted by Crippen LogP contribution is 2.66. The van der Waals surface area contributed by atoms with E-state index in [1.54, 1.807) is 0 Å². The maximum atomic E-state index is 9.22. The highest BCUT2D eigenvalue weighted by molar-refractivity contribution is 8.45. The zero-order valence-electron chi connectivity index (χ0n) is 37.0. The number of thioether (sulfide) groups is 8. The lowest BCUT2D eigenvalue weighted by atomic mass is 10.0. The Morgan fingerprint density at radius 2 is 0.517 bits per heavy atom. The first-order valence-corrected chi connectivity index (χ1v) is 31.1. The van der Waals surface area contributed by atoms with Crippen LogP contribution in [-0.4, -0.2) is 23.0 Å². The smallest absolute Gasteiger partial charge is 0.0717 e. The van der Waals surface area contributed by atoms with Crippen LogP contribution in [0.3, 0.4) is 0 Å². The Morgan fingerprint density at radius 1 is 0.310 bits per heavy atom. The van der Waals surface area contributed by atoms with Crippen LogP contribution in [-0.2, 0) is 0 Å². The third-order valence-electron chi connectivity index (χ3n) is 10.6. The van der Waals surface area contributed by atoms with Gasteiger partial charge in [0, 0.05) is 24.3 Å². The second kappa shape index (κ2) is 42.0. The van der Waals surface area contributed by atoms with Crippen molar-refractivity contribution in [1.82, 2.24) is 0 Å². The third kappa shape index (κ3) is 30.1. The van der Waals surface area contributed by atoms with Crippen molar-refractivity contribution in [3.8, 4) is 12.1 Å². The van der Waals surface area contributed by atoms with Crippen molar-refractivity contribution >= 4 is 94.1 Å². The van der Waals surface area contributed by atoms with Crippen LogP contribution >= 0.6 is 94.1 Å². The summed E-state index contributed by atoms with van der Waals surface area (Å²) in [6, 6.07) is 4.69. The molecular formula is C48H82N2S8. The number of nitriles is 2. The molecule has 2 aliphatic rings. The molecular weight excluding hydrogens is 861 g/mol. The molecule has 0 saturated carbocycles. The monoisotopic (exact) mass is 942 g/mol. The van der Waals surface area contributed by atoms with E-state index in [-0.39, 0.29) is 0 Å². The minimum atomic E-state index is 0.604. The lowest BCUT2D eigenvalue weighted by Crippen LogP contribution is -1.85. The van der Waals surface area contributed by atoms with Crippen LogP contribution < -0.4 is 0 Å². The Morgan fingerprint density at radius 3 is 0.741 bits per heavy atom. The maximum absolute atomic E-state index is 9.22. The maximum Gasteiger partial charge on any atom is 0.0717 e. The van der Waals surface area contributed by atoms with E-state index in [2.05, 4.69) is 49.5 Å². The Hall–Kier alpha value is 1.000. The fourth-order valence-corrected chi connectivity index (χ4v) is 19.0. The van der Waals surface area contributed by atoms with Crippen LogP contribution in [0.5, 0.6) is 0 Å². The van der Waals surface area contributed by atoms with E-state index in [4.69, 9.17) is 0 Å². The van der Waals surface area contributed by atoms with Gasteiger partial charge in [-0.05, 0) is 24.3 Å². The summed E-state index contributed by atoms with van der Waals surface area (Å²) in [6.07, 6.45) is 46.4. The fraction of sp³-hybridized carbons (Fsp3) is 0.833. The van der Waals surface area contributed by atoms with Crippen molar-refractivity contribution in [1.29, 1.82) is 10.5 Å². The first-order chi connectivity index (χ1) is 28.7. The molecule has 332 valence electrons. The van der Waals surface area contributed by atoms with Crippen molar-refractivity contribution in [3.63, 3.8) is 0 Å². The largest absolute Gasteiger partial charge is 0.198 e. The van der Waals surface area contributed by atoms with E-state index in [0.29, 0.717) is 12.8 Å². The average molecular weight is 944 g/mol. The summed E-state index contributed by atoms with van der Waals surface area (Å²) in [4.78, 5) is 0. The summed E-state index contributed by atoms with van der Waals surface area (Å²) in [5.41, 5.74) is 0. The molecule has 2 rings (SSSR count). The molecule has 0 radical (unpaired) electrons. The van der Waals surface area contributed by atoms with Crippen LogP contribution in [0.1, 0.15) is 232 Å². The minimum absolute atomic E-state index is 0.604. The molecule has 58 heavy (non-hydrogen) atoms. The molecule has 0 fully saturated rings. The number of unbranched alkanes of at least 4 members (excludes halogenated alkanes) is 30. The van der Waals surface area contributed by atoms with E-state index in [9.17, 15) is 10.5 Å². The molecule has 0 aliphatic carbocycles. The van der Waals surface area contributed by atoms with Gasteiger partial charge in [-0.25, -0.2) is 0 Å². The van der Waals surface area contributed by atoms with Crippen LogP contribution in [0, 0.1) is 22.7 Å². The lowest BCUT2D eigenvalue weighted by molar-refractivity contribution is 0.532. The molecule has 0 unspecified atom stereocenters. The average Bonchev–Trinajstić information content (AvgIpc) is 3.84. The zero-order chi connectivity index (χ0) is 41.4. The Kier molecular flexibility index (Phi) is 39.9. The summed E-state index contributed by atoms with van der Waals surface area (Å²) < 4.78 is 8.62. The SMILES string of the molecule is CCCCCCCCCCCCCCCCCCSC1=C(SCCC#N)S/C(=C2/SC(SCCC#N)=C(SCCCCCCCCCCCCCCCCCC)S2)S1. The molecule has 0 atom stereocenters. The summed E-state index contributed by atoms with van der Waals surface area (Å²) in [7, 11) is 0. The van der Waals surface area contributed by atoms with Gasteiger partial charge in [-0.2, -0.15) is 10.5 Å². The standard InChI is InChI=1S/C48H82N2S8/c1-3-5-7-9-11-13-15-17-19-21-23-25-27-29-31-33-39-51-43-45(53-41-35-37-49)57-47(55-43)48-56-44(46(58-48)54-42-36-38-50)52-40-34-32-30-28-26-24-22-20-18-16-14-12-10-8-6-4-2/h3-36,39-42H2,1-2H3/b48-47+. The highest BCUT2D eigenvalue weighted by Gasteiger charge is 2.30. The predicted octanol–water partition coefficient (Wildman–Crippen LogP) is 20.6. The van der Waals surface area contributed by atoms with Crippen molar-refractivity contribution in [2.45, 2.75) is 232 Å². The van der Waals surface area contributed by atoms with Gasteiger partial charge in [0.25, 0.3) is 0 Å². The second-order valence-electron chi connectivity index (χ2n) is 15.9. The summed E-state index contributed by atoms with van der Waals surface area (Å²) in [6.45, 7) is 4.60. The molecule has 0 N–H and O–H groups in total. The lowest BCUT2D eigenvalue weighted by Gasteiger charge is -2.05. The summed E-state index contributed by atoms with van der Waals surface area (Å²) >= 11 is 15.8. The Balaban J connectivity index is 1.64. The van der Waals surface area contributed by atoms with E-state index in [1.165, 1.54) is 242 Å². The number of hydrogen-bond acceptors (Lipinski definition) is 10. The molecule has 0 spiro atoms. The summed E-state index contributed by atoms with van der Waals surface area (Å²) in [5, 5.41) is 18.4. The van der Waals surface area contributed by atoms with E-state index in [1.807, 2.05) is 70.6 Å². The molecule has 0 bridgehead atoms. The van der Waals surface area contributed by atoms with Crippen LogP contribution in [0.15, 0.2) is 25.4 Å². The number of rotatable bonds is 42. The molecule has 0 amide bonds. The Bertz CT molecular complexity index is 1100. The summed E-state index contributed by atoms with van der Waals surface area (Å²) in [5.74, 6) is 4.14. The van der Waals surface area contributed by atoms with Gasteiger partial charge in [-0.15, -0.1) is 47.0 Å². The van der Waals surface area contributed by atoms with Crippen molar-refractivity contribution < 1.29 is 0 Å². The first kappa shape index (κ1) is 55.1. The van der Waals surface area contributed by atoms with Gasteiger partial charge < -0.3 is 0 Å². The molecule has 0 aromatic rings. The van der Waals surface area contributed by atoms with Crippen LogP contribution in [0.4, 0.5) is 0 Å². The minimum Gasteiger partial charge on any atom is -0.198 e. The molecule has 10 heteroatoms. The number of nitrogens with zero attached hydrogens (tertiary/aromatic N) is 2. The van der Waals surface area contributed by atoms with Crippen molar-refractivity contribution in [2.24, 2.45) is 0 Å². The fourth-order valence-electron chi connectivity index (χ4n) is 7.07. The van der Waals surface area contributed by atoms with E-state index in [0.717, 1.165) is 11.5 Å². The van der Waals surface area contributed by atoms with Crippen molar-refractivity contribution in [3.05, 3.63) is 25.4 Å². The highest BCUT2D eigenvalue weighted by atomic mass is 32.3. The molecule has 0 aromatic carbocycles. The quantitative estimate of drug-likeness (QED) is 0.0553. The van der Waals surface area contributed by atoms with Gasteiger partial charge in [-0.1, -0.05) is 254 Å². The molecule has 2 aliphatic heterocycles. The van der Waals surface area contributed by atoms with Gasteiger partial charge in [-0.3, -0.25) is 0 Å². The van der Waals surface area contributed by atoms with Gasteiger partial charge in [0.2, 0.25) is 0 Å².